The molecule has 2 aromatic rings. The molecule has 0 aliphatic heterocycles. The van der Waals surface area contributed by atoms with Crippen molar-refractivity contribution in [1.29, 1.82) is 0 Å². The molecule has 5 heteroatoms. The Hall–Kier alpha value is -2.27. The predicted molar refractivity (Wildman–Crippen MR) is 88.4 cm³/mol. The van der Waals surface area contributed by atoms with Gasteiger partial charge in [-0.3, -0.25) is 0 Å². The quantitative estimate of drug-likeness (QED) is 0.456. The average Bonchev–Trinajstić information content (AvgIpc) is 2.54. The molecule has 0 aliphatic rings. The van der Waals surface area contributed by atoms with Crippen molar-refractivity contribution in [3.05, 3.63) is 58.6 Å². The maximum absolute atomic E-state index is 11.9. The zero-order chi connectivity index (χ0) is 15.9. The molecular weight excluding hydrogens is 348 g/mol. The van der Waals surface area contributed by atoms with Crippen molar-refractivity contribution in [3.8, 4) is 17.2 Å². The van der Waals surface area contributed by atoms with Crippen molar-refractivity contribution in [3.63, 3.8) is 0 Å². The summed E-state index contributed by atoms with van der Waals surface area (Å²) < 4.78 is 16.4. The summed E-state index contributed by atoms with van der Waals surface area (Å²) in [5.41, 5.74) is 0.728. The third kappa shape index (κ3) is 4.11. The highest BCUT2D eigenvalue weighted by atomic mass is 79.9. The number of hydrogen-bond acceptors (Lipinski definition) is 4. The second-order valence-corrected chi connectivity index (χ2v) is 5.15. The number of hydrogen-bond donors (Lipinski definition) is 0. The first-order chi connectivity index (χ1) is 10.6. The van der Waals surface area contributed by atoms with Gasteiger partial charge in [0.2, 0.25) is 0 Å². The molecule has 0 aromatic heterocycles. The van der Waals surface area contributed by atoms with Crippen LogP contribution >= 0.6 is 15.9 Å². The van der Waals surface area contributed by atoms with Crippen LogP contribution in [0.3, 0.4) is 0 Å². The van der Waals surface area contributed by atoms with Crippen LogP contribution in [0, 0.1) is 0 Å². The first kappa shape index (κ1) is 16.1. The Bertz CT molecular complexity index is 695. The number of benzene rings is 2. The number of ether oxygens (including phenoxy) is 3. The first-order valence-electron chi connectivity index (χ1n) is 6.50. The van der Waals surface area contributed by atoms with Gasteiger partial charge in [0.1, 0.15) is 17.2 Å². The molecule has 2 rings (SSSR count). The predicted octanol–water partition coefficient (Wildman–Crippen LogP) is 4.09. The fourth-order valence-corrected chi connectivity index (χ4v) is 2.16. The molecule has 0 saturated carbocycles. The largest absolute Gasteiger partial charge is 0.497 e. The van der Waals surface area contributed by atoms with Crippen LogP contribution in [0.1, 0.15) is 5.56 Å². The molecule has 114 valence electrons. The molecule has 0 saturated heterocycles. The summed E-state index contributed by atoms with van der Waals surface area (Å²) in [5.74, 6) is 1.32. The number of halogens is 1. The number of para-hydroxylation sites is 1. The minimum absolute atomic E-state index is 0.467. The summed E-state index contributed by atoms with van der Waals surface area (Å²) in [6.07, 6.45) is 2.97. The Balaban J connectivity index is 2.14. The van der Waals surface area contributed by atoms with E-state index in [-0.39, 0.29) is 0 Å². The Kier molecular flexibility index (Phi) is 5.61. The van der Waals surface area contributed by atoms with Gasteiger partial charge in [-0.25, -0.2) is 4.79 Å². The van der Waals surface area contributed by atoms with E-state index < -0.39 is 5.97 Å². The minimum Gasteiger partial charge on any atom is -0.497 e. The molecule has 0 spiro atoms. The van der Waals surface area contributed by atoms with Crippen molar-refractivity contribution >= 4 is 28.0 Å². The van der Waals surface area contributed by atoms with E-state index in [2.05, 4.69) is 15.9 Å². The molecule has 0 unspecified atom stereocenters. The minimum atomic E-state index is -0.475. The smallest absolute Gasteiger partial charge is 0.336 e. The fraction of sp³-hybridized carbons (Fsp3) is 0.118. The molecule has 4 nitrogen and oxygen atoms in total. The van der Waals surface area contributed by atoms with E-state index >= 15 is 0 Å². The zero-order valence-electron chi connectivity index (χ0n) is 12.2. The van der Waals surface area contributed by atoms with Crippen molar-refractivity contribution in [1.82, 2.24) is 0 Å². The molecule has 0 aliphatic carbocycles. The standard InChI is InChI=1S/C17H15BrO4/c1-20-13-8-9-15(21-2)12(11-13)7-10-17(19)22-16-6-4-3-5-14(16)18/h3-11H,1-2H3/b10-7+. The molecular formula is C17H15BrO4. The van der Waals surface area contributed by atoms with Crippen LogP contribution in [0.4, 0.5) is 0 Å². The number of carbonyl (C=O) groups excluding carboxylic acids is 1. The second kappa shape index (κ2) is 7.66. The van der Waals surface area contributed by atoms with Crippen LogP contribution in [0.15, 0.2) is 53.0 Å². The van der Waals surface area contributed by atoms with Crippen LogP contribution in [-0.4, -0.2) is 20.2 Å². The molecule has 0 fully saturated rings. The van der Waals surface area contributed by atoms with E-state index in [1.54, 1.807) is 56.7 Å². The van der Waals surface area contributed by atoms with Crippen molar-refractivity contribution in [2.45, 2.75) is 0 Å². The summed E-state index contributed by atoms with van der Waals surface area (Å²) in [6, 6.07) is 12.5. The highest BCUT2D eigenvalue weighted by Gasteiger charge is 2.06. The van der Waals surface area contributed by atoms with Crippen LogP contribution in [0.2, 0.25) is 0 Å². The van der Waals surface area contributed by atoms with Crippen LogP contribution in [0.5, 0.6) is 17.2 Å². The number of rotatable bonds is 5. The molecule has 0 atom stereocenters. The van der Waals surface area contributed by atoms with Gasteiger partial charge < -0.3 is 14.2 Å². The third-order valence-corrected chi connectivity index (χ3v) is 3.54. The van der Waals surface area contributed by atoms with Gasteiger partial charge in [-0.15, -0.1) is 0 Å². The molecule has 0 amide bonds. The van der Waals surface area contributed by atoms with Gasteiger partial charge in [-0.05, 0) is 52.3 Å². The zero-order valence-corrected chi connectivity index (χ0v) is 13.8. The van der Waals surface area contributed by atoms with E-state index in [1.807, 2.05) is 6.07 Å². The van der Waals surface area contributed by atoms with Crippen molar-refractivity contribution < 1.29 is 19.0 Å². The second-order valence-electron chi connectivity index (χ2n) is 4.29. The Labute approximate surface area is 137 Å². The Morgan fingerprint density at radius 1 is 1.05 bits per heavy atom. The Morgan fingerprint density at radius 3 is 2.50 bits per heavy atom. The van der Waals surface area contributed by atoms with Crippen LogP contribution in [-0.2, 0) is 4.79 Å². The molecule has 0 N–H and O–H groups in total. The summed E-state index contributed by atoms with van der Waals surface area (Å²) in [7, 11) is 3.15. The lowest BCUT2D eigenvalue weighted by molar-refractivity contribution is -0.128. The highest BCUT2D eigenvalue weighted by molar-refractivity contribution is 9.10. The molecule has 0 bridgehead atoms. The lowest BCUT2D eigenvalue weighted by Crippen LogP contribution is -2.04. The SMILES string of the molecule is COc1ccc(OC)c(/C=C/C(=O)Oc2ccccc2Br)c1. The Morgan fingerprint density at radius 2 is 1.82 bits per heavy atom. The van der Waals surface area contributed by atoms with Gasteiger partial charge in [-0.2, -0.15) is 0 Å². The van der Waals surface area contributed by atoms with Gasteiger partial charge >= 0.3 is 5.97 Å². The number of esters is 1. The normalized spacial score (nSPS) is 10.5. The monoisotopic (exact) mass is 362 g/mol. The summed E-state index contributed by atoms with van der Waals surface area (Å²) in [4.78, 5) is 11.9. The highest BCUT2D eigenvalue weighted by Crippen LogP contribution is 2.26. The number of methoxy groups -OCH3 is 2. The van der Waals surface area contributed by atoms with E-state index in [4.69, 9.17) is 14.2 Å². The third-order valence-electron chi connectivity index (χ3n) is 2.88. The fourth-order valence-electron chi connectivity index (χ4n) is 1.80. The van der Waals surface area contributed by atoms with Gasteiger partial charge in [0.15, 0.2) is 0 Å². The summed E-state index contributed by atoms with van der Waals surface area (Å²) in [5, 5.41) is 0. The van der Waals surface area contributed by atoms with Gasteiger partial charge in [0.05, 0.1) is 18.7 Å². The van der Waals surface area contributed by atoms with E-state index in [0.717, 1.165) is 10.0 Å². The van der Waals surface area contributed by atoms with Crippen LogP contribution in [0.25, 0.3) is 6.08 Å². The van der Waals surface area contributed by atoms with Crippen molar-refractivity contribution in [2.75, 3.05) is 14.2 Å². The summed E-state index contributed by atoms with van der Waals surface area (Å²) >= 11 is 3.32. The van der Waals surface area contributed by atoms with Crippen LogP contribution < -0.4 is 14.2 Å². The lowest BCUT2D eigenvalue weighted by Gasteiger charge is -2.07. The van der Waals surface area contributed by atoms with E-state index in [1.165, 1.54) is 6.08 Å². The molecule has 0 heterocycles. The maximum atomic E-state index is 11.9. The van der Waals surface area contributed by atoms with E-state index in [9.17, 15) is 4.79 Å². The van der Waals surface area contributed by atoms with Gasteiger partial charge in [-0.1, -0.05) is 12.1 Å². The number of carbonyl (C=O) groups is 1. The maximum Gasteiger partial charge on any atom is 0.336 e. The lowest BCUT2D eigenvalue weighted by atomic mass is 10.1. The van der Waals surface area contributed by atoms with Crippen molar-refractivity contribution in [2.24, 2.45) is 0 Å². The molecule has 22 heavy (non-hydrogen) atoms. The average molecular weight is 363 g/mol. The first-order valence-corrected chi connectivity index (χ1v) is 7.30. The molecule has 0 radical (unpaired) electrons. The summed E-state index contributed by atoms with van der Waals surface area (Å²) in [6.45, 7) is 0. The van der Waals surface area contributed by atoms with E-state index in [0.29, 0.717) is 17.2 Å². The van der Waals surface area contributed by atoms with Gasteiger partial charge in [0, 0.05) is 11.6 Å². The van der Waals surface area contributed by atoms with Gasteiger partial charge in [0.25, 0.3) is 0 Å². The molecule has 2 aromatic carbocycles. The topological polar surface area (TPSA) is 44.8 Å².